The minimum absolute atomic E-state index is 0.0346. The molecule has 1 amide bonds. The number of benzene rings is 1. The summed E-state index contributed by atoms with van der Waals surface area (Å²) in [4.78, 5) is 12.1. The number of hydrogen-bond acceptors (Lipinski definition) is 4. The van der Waals surface area contributed by atoms with Crippen molar-refractivity contribution >= 4 is 36.4 Å². The third-order valence-electron chi connectivity index (χ3n) is 2.94. The van der Waals surface area contributed by atoms with Crippen molar-refractivity contribution in [1.29, 1.82) is 0 Å². The SMILES string of the molecule is Cc1cc(S(=O)(=O)Cl)ccc1C(=O)NC(C)CCS(C)=O. The number of carbonyl (C=O) groups is 1. The fraction of sp³-hybridized carbons (Fsp3) is 0.462. The van der Waals surface area contributed by atoms with Gasteiger partial charge in [-0.1, -0.05) is 0 Å². The average molecular weight is 352 g/mol. The van der Waals surface area contributed by atoms with E-state index in [4.69, 9.17) is 10.7 Å². The summed E-state index contributed by atoms with van der Waals surface area (Å²) in [6.07, 6.45) is 2.23. The lowest BCUT2D eigenvalue weighted by Crippen LogP contribution is -2.33. The zero-order chi connectivity index (χ0) is 16.2. The first-order chi connectivity index (χ1) is 9.61. The van der Waals surface area contributed by atoms with Gasteiger partial charge >= 0.3 is 0 Å². The van der Waals surface area contributed by atoms with E-state index in [9.17, 15) is 17.4 Å². The first-order valence-corrected chi connectivity index (χ1v) is 10.3. The van der Waals surface area contributed by atoms with Crippen molar-refractivity contribution in [2.75, 3.05) is 12.0 Å². The molecule has 0 aliphatic heterocycles. The van der Waals surface area contributed by atoms with Gasteiger partial charge in [0.2, 0.25) is 0 Å². The highest BCUT2D eigenvalue weighted by atomic mass is 35.7. The molecule has 0 aromatic heterocycles. The second-order valence-corrected chi connectivity index (χ2v) is 8.98. The predicted octanol–water partition coefficient (Wildman–Crippen LogP) is 1.81. The fourth-order valence-corrected chi connectivity index (χ4v) is 3.28. The number of aryl methyl sites for hydroxylation is 1. The van der Waals surface area contributed by atoms with E-state index < -0.39 is 19.9 Å². The van der Waals surface area contributed by atoms with Gasteiger partial charge in [-0.25, -0.2) is 8.42 Å². The normalized spacial score (nSPS) is 14.5. The summed E-state index contributed by atoms with van der Waals surface area (Å²) in [5.74, 6) is 0.226. The molecule has 0 bridgehead atoms. The van der Waals surface area contributed by atoms with Crippen molar-refractivity contribution in [3.05, 3.63) is 29.3 Å². The molecule has 1 rings (SSSR count). The quantitative estimate of drug-likeness (QED) is 0.792. The van der Waals surface area contributed by atoms with E-state index in [2.05, 4.69) is 5.32 Å². The Bertz CT molecular complexity index is 658. The van der Waals surface area contributed by atoms with Gasteiger partial charge in [0.15, 0.2) is 0 Å². The lowest BCUT2D eigenvalue weighted by Gasteiger charge is -2.14. The van der Waals surface area contributed by atoms with Crippen LogP contribution in [-0.4, -0.2) is 36.6 Å². The summed E-state index contributed by atoms with van der Waals surface area (Å²) in [5.41, 5.74) is 0.920. The Kier molecular flexibility index (Phi) is 6.37. The lowest BCUT2D eigenvalue weighted by molar-refractivity contribution is 0.0938. The van der Waals surface area contributed by atoms with Crippen molar-refractivity contribution in [1.82, 2.24) is 5.32 Å². The Morgan fingerprint density at radius 2 is 2.05 bits per heavy atom. The average Bonchev–Trinajstić information content (AvgIpc) is 2.34. The standard InChI is InChI=1S/C13H18ClNO4S2/c1-9-8-11(21(14,18)19)4-5-12(9)13(16)15-10(2)6-7-20(3)17/h4-5,8,10H,6-7H2,1-3H3,(H,15,16). The number of carbonyl (C=O) groups excluding carboxylic acids is 1. The van der Waals surface area contributed by atoms with E-state index in [0.717, 1.165) is 0 Å². The van der Waals surface area contributed by atoms with Gasteiger partial charge in [-0.05, 0) is 44.0 Å². The molecular formula is C13H18ClNO4S2. The number of rotatable bonds is 6. The van der Waals surface area contributed by atoms with Gasteiger partial charge in [0, 0.05) is 45.1 Å². The zero-order valence-corrected chi connectivity index (χ0v) is 14.4. The number of nitrogens with one attached hydrogen (secondary N) is 1. The first-order valence-electron chi connectivity index (χ1n) is 6.27. The molecule has 8 heteroatoms. The Morgan fingerprint density at radius 3 is 2.52 bits per heavy atom. The molecule has 1 aromatic rings. The maximum atomic E-state index is 12.1. The van der Waals surface area contributed by atoms with Crippen molar-refractivity contribution in [2.45, 2.75) is 31.2 Å². The van der Waals surface area contributed by atoms with Crippen molar-refractivity contribution in [3.63, 3.8) is 0 Å². The highest BCUT2D eigenvalue weighted by Crippen LogP contribution is 2.19. The van der Waals surface area contributed by atoms with E-state index in [0.29, 0.717) is 23.3 Å². The molecule has 1 N–H and O–H groups in total. The highest BCUT2D eigenvalue weighted by Gasteiger charge is 2.16. The summed E-state index contributed by atoms with van der Waals surface area (Å²) in [6, 6.07) is 3.99. The molecule has 21 heavy (non-hydrogen) atoms. The van der Waals surface area contributed by atoms with E-state index in [1.807, 2.05) is 6.92 Å². The van der Waals surface area contributed by atoms with Crippen molar-refractivity contribution in [3.8, 4) is 0 Å². The van der Waals surface area contributed by atoms with Crippen LogP contribution in [0.25, 0.3) is 0 Å². The Hall–Kier alpha value is -0.920. The van der Waals surface area contributed by atoms with Crippen LogP contribution in [-0.2, 0) is 19.9 Å². The predicted molar refractivity (Wildman–Crippen MR) is 84.7 cm³/mol. The fourth-order valence-electron chi connectivity index (χ4n) is 1.76. The van der Waals surface area contributed by atoms with Crippen LogP contribution in [0.15, 0.2) is 23.1 Å². The van der Waals surface area contributed by atoms with E-state index in [-0.39, 0.29) is 16.8 Å². The smallest absolute Gasteiger partial charge is 0.261 e. The third kappa shape index (κ3) is 5.76. The van der Waals surface area contributed by atoms with Gasteiger partial charge in [0.05, 0.1) is 4.90 Å². The summed E-state index contributed by atoms with van der Waals surface area (Å²) in [5, 5.41) is 2.79. The van der Waals surface area contributed by atoms with Crippen LogP contribution in [0.3, 0.4) is 0 Å². The van der Waals surface area contributed by atoms with Gasteiger partial charge in [-0.3, -0.25) is 9.00 Å². The highest BCUT2D eigenvalue weighted by molar-refractivity contribution is 8.13. The molecule has 0 heterocycles. The summed E-state index contributed by atoms with van der Waals surface area (Å²) < 4.78 is 33.5. The Labute approximate surface area is 132 Å². The van der Waals surface area contributed by atoms with Crippen molar-refractivity contribution in [2.24, 2.45) is 0 Å². The molecule has 2 atom stereocenters. The third-order valence-corrected chi connectivity index (χ3v) is 5.10. The minimum atomic E-state index is -3.80. The Morgan fingerprint density at radius 1 is 1.43 bits per heavy atom. The molecule has 0 saturated carbocycles. The molecule has 0 saturated heterocycles. The largest absolute Gasteiger partial charge is 0.350 e. The molecular weight excluding hydrogens is 334 g/mol. The second-order valence-electron chi connectivity index (χ2n) is 4.86. The summed E-state index contributed by atoms with van der Waals surface area (Å²) in [6.45, 7) is 3.48. The lowest BCUT2D eigenvalue weighted by atomic mass is 10.1. The number of halogens is 1. The monoisotopic (exact) mass is 351 g/mol. The maximum absolute atomic E-state index is 12.1. The van der Waals surface area contributed by atoms with Gasteiger partial charge < -0.3 is 5.32 Å². The molecule has 0 aliphatic rings. The van der Waals surface area contributed by atoms with E-state index in [1.165, 1.54) is 18.2 Å². The van der Waals surface area contributed by atoms with E-state index >= 15 is 0 Å². The molecule has 0 spiro atoms. The van der Waals surface area contributed by atoms with Crippen LogP contribution in [0.4, 0.5) is 0 Å². The molecule has 0 fully saturated rings. The first kappa shape index (κ1) is 18.1. The molecule has 0 radical (unpaired) electrons. The van der Waals surface area contributed by atoms with Crippen LogP contribution in [0.2, 0.25) is 0 Å². The van der Waals surface area contributed by atoms with Gasteiger partial charge in [0.1, 0.15) is 0 Å². The van der Waals surface area contributed by atoms with Crippen molar-refractivity contribution < 1.29 is 17.4 Å². The van der Waals surface area contributed by atoms with Gasteiger partial charge in [-0.15, -0.1) is 0 Å². The molecule has 5 nitrogen and oxygen atoms in total. The van der Waals surface area contributed by atoms with Crippen LogP contribution in [0.5, 0.6) is 0 Å². The number of amides is 1. The molecule has 118 valence electrons. The maximum Gasteiger partial charge on any atom is 0.261 e. The van der Waals surface area contributed by atoms with E-state index in [1.54, 1.807) is 13.2 Å². The topological polar surface area (TPSA) is 80.3 Å². The molecule has 0 aliphatic carbocycles. The number of hydrogen-bond donors (Lipinski definition) is 1. The van der Waals surface area contributed by atoms with Crippen LogP contribution in [0.1, 0.15) is 29.3 Å². The van der Waals surface area contributed by atoms with Gasteiger partial charge in [-0.2, -0.15) is 0 Å². The molecule has 1 aromatic carbocycles. The zero-order valence-electron chi connectivity index (χ0n) is 12.1. The Balaban J connectivity index is 2.82. The second kappa shape index (κ2) is 7.38. The summed E-state index contributed by atoms with van der Waals surface area (Å²) >= 11 is 0. The molecule has 2 unspecified atom stereocenters. The van der Waals surface area contributed by atoms with Crippen LogP contribution in [0, 0.1) is 6.92 Å². The van der Waals surface area contributed by atoms with Gasteiger partial charge in [0.25, 0.3) is 15.0 Å². The minimum Gasteiger partial charge on any atom is -0.350 e. The van der Waals surface area contributed by atoms with Crippen LogP contribution >= 0.6 is 10.7 Å². The van der Waals surface area contributed by atoms with Crippen LogP contribution < -0.4 is 5.32 Å². The summed E-state index contributed by atoms with van der Waals surface area (Å²) in [7, 11) is 0.563.